The standard InChI is InChI=1S/C26H29NO6/c1-29-20-10-7-18(8-11-20)21-16-19(9-12-22(21)30-2)27-25(28)13-6-17-14-23(31-3)26(33-5)24(15-17)32-4/h7-12,14-16H,6,13H2,1-5H3,(H,27,28). The predicted molar refractivity (Wildman–Crippen MR) is 128 cm³/mol. The normalized spacial score (nSPS) is 10.3. The van der Waals surface area contributed by atoms with E-state index in [9.17, 15) is 4.79 Å². The molecule has 0 radical (unpaired) electrons. The Hall–Kier alpha value is -3.87. The van der Waals surface area contributed by atoms with Crippen molar-refractivity contribution >= 4 is 11.6 Å². The molecule has 0 saturated carbocycles. The molecule has 0 heterocycles. The Morgan fingerprint density at radius 1 is 0.727 bits per heavy atom. The third-order valence-electron chi connectivity index (χ3n) is 5.25. The smallest absolute Gasteiger partial charge is 0.224 e. The summed E-state index contributed by atoms with van der Waals surface area (Å²) in [6, 6.07) is 16.9. The zero-order valence-corrected chi connectivity index (χ0v) is 19.6. The van der Waals surface area contributed by atoms with E-state index >= 15 is 0 Å². The van der Waals surface area contributed by atoms with Gasteiger partial charge < -0.3 is 29.0 Å². The van der Waals surface area contributed by atoms with E-state index in [4.69, 9.17) is 23.7 Å². The fourth-order valence-corrected chi connectivity index (χ4v) is 3.54. The first-order chi connectivity index (χ1) is 16.0. The lowest BCUT2D eigenvalue weighted by atomic mass is 10.0. The van der Waals surface area contributed by atoms with Crippen molar-refractivity contribution in [1.82, 2.24) is 0 Å². The molecule has 3 aromatic carbocycles. The summed E-state index contributed by atoms with van der Waals surface area (Å²) in [5.74, 6) is 3.04. The lowest BCUT2D eigenvalue weighted by molar-refractivity contribution is -0.116. The summed E-state index contributed by atoms with van der Waals surface area (Å²) in [4.78, 5) is 12.7. The lowest BCUT2D eigenvalue weighted by Crippen LogP contribution is -2.12. The highest BCUT2D eigenvalue weighted by atomic mass is 16.5. The Kier molecular flexibility index (Phi) is 8.02. The molecule has 0 fully saturated rings. The minimum absolute atomic E-state index is 0.102. The zero-order chi connectivity index (χ0) is 23.8. The van der Waals surface area contributed by atoms with Crippen LogP contribution in [0.1, 0.15) is 12.0 Å². The molecule has 0 atom stereocenters. The van der Waals surface area contributed by atoms with E-state index in [0.717, 1.165) is 28.2 Å². The van der Waals surface area contributed by atoms with Gasteiger partial charge >= 0.3 is 0 Å². The van der Waals surface area contributed by atoms with Crippen LogP contribution in [-0.2, 0) is 11.2 Å². The van der Waals surface area contributed by atoms with Crippen LogP contribution in [0.25, 0.3) is 11.1 Å². The second-order valence-corrected chi connectivity index (χ2v) is 7.23. The Labute approximate surface area is 194 Å². The number of aryl methyl sites for hydroxylation is 1. The molecule has 33 heavy (non-hydrogen) atoms. The number of benzene rings is 3. The SMILES string of the molecule is COc1ccc(-c2cc(NC(=O)CCc3cc(OC)c(OC)c(OC)c3)ccc2OC)cc1. The van der Waals surface area contributed by atoms with E-state index in [1.807, 2.05) is 54.6 Å². The molecule has 7 heteroatoms. The average Bonchev–Trinajstić information content (AvgIpc) is 2.86. The third-order valence-corrected chi connectivity index (χ3v) is 5.25. The summed E-state index contributed by atoms with van der Waals surface area (Å²) in [6.07, 6.45) is 0.812. The quantitative estimate of drug-likeness (QED) is 0.469. The number of amides is 1. The van der Waals surface area contributed by atoms with Gasteiger partial charge in [-0.15, -0.1) is 0 Å². The maximum Gasteiger partial charge on any atom is 0.224 e. The first-order valence-corrected chi connectivity index (χ1v) is 10.4. The number of hydrogen-bond acceptors (Lipinski definition) is 6. The van der Waals surface area contributed by atoms with Gasteiger partial charge in [0.1, 0.15) is 11.5 Å². The maximum atomic E-state index is 12.7. The third kappa shape index (κ3) is 5.68. The molecule has 1 amide bonds. The highest BCUT2D eigenvalue weighted by molar-refractivity contribution is 5.92. The highest BCUT2D eigenvalue weighted by Crippen LogP contribution is 2.38. The molecule has 7 nitrogen and oxygen atoms in total. The largest absolute Gasteiger partial charge is 0.497 e. The van der Waals surface area contributed by atoms with Gasteiger partial charge in [0.25, 0.3) is 0 Å². The Morgan fingerprint density at radius 3 is 1.91 bits per heavy atom. The number of nitrogens with one attached hydrogen (secondary N) is 1. The lowest BCUT2D eigenvalue weighted by Gasteiger charge is -2.14. The van der Waals surface area contributed by atoms with Gasteiger partial charge in [-0.05, 0) is 60.0 Å². The molecule has 1 N–H and O–H groups in total. The number of methoxy groups -OCH3 is 5. The fourth-order valence-electron chi connectivity index (χ4n) is 3.54. The van der Waals surface area contributed by atoms with Crippen molar-refractivity contribution in [2.45, 2.75) is 12.8 Å². The maximum absolute atomic E-state index is 12.7. The number of carbonyl (C=O) groups excluding carboxylic acids is 1. The summed E-state index contributed by atoms with van der Waals surface area (Å²) in [5, 5.41) is 2.97. The number of ether oxygens (including phenoxy) is 5. The number of hydrogen-bond donors (Lipinski definition) is 1. The van der Waals surface area contributed by atoms with Crippen molar-refractivity contribution in [3.8, 4) is 39.9 Å². The van der Waals surface area contributed by atoms with Crippen molar-refractivity contribution in [1.29, 1.82) is 0 Å². The topological polar surface area (TPSA) is 75.3 Å². The van der Waals surface area contributed by atoms with Gasteiger partial charge in [0.2, 0.25) is 11.7 Å². The summed E-state index contributed by atoms with van der Waals surface area (Å²) in [5.41, 5.74) is 3.44. The molecule has 0 bridgehead atoms. The van der Waals surface area contributed by atoms with E-state index in [-0.39, 0.29) is 5.91 Å². The van der Waals surface area contributed by atoms with E-state index in [1.54, 1.807) is 35.5 Å². The van der Waals surface area contributed by atoms with Crippen molar-refractivity contribution in [3.63, 3.8) is 0 Å². The molecule has 0 aliphatic carbocycles. The molecular weight excluding hydrogens is 422 g/mol. The van der Waals surface area contributed by atoms with Crippen molar-refractivity contribution in [2.24, 2.45) is 0 Å². The van der Waals surface area contributed by atoms with Gasteiger partial charge in [-0.25, -0.2) is 0 Å². The molecule has 0 aromatic heterocycles. The van der Waals surface area contributed by atoms with Crippen LogP contribution in [0.4, 0.5) is 5.69 Å². The molecular formula is C26H29NO6. The second kappa shape index (κ2) is 11.1. The van der Waals surface area contributed by atoms with Crippen LogP contribution < -0.4 is 29.0 Å². The van der Waals surface area contributed by atoms with Crippen LogP contribution >= 0.6 is 0 Å². The summed E-state index contributed by atoms with van der Waals surface area (Å²) >= 11 is 0. The van der Waals surface area contributed by atoms with Crippen LogP contribution in [0.15, 0.2) is 54.6 Å². The van der Waals surface area contributed by atoms with Crippen molar-refractivity contribution < 1.29 is 28.5 Å². The summed E-state index contributed by atoms with van der Waals surface area (Å²) in [6.45, 7) is 0. The van der Waals surface area contributed by atoms with E-state index in [0.29, 0.717) is 35.8 Å². The molecule has 0 unspecified atom stereocenters. The fraction of sp³-hybridized carbons (Fsp3) is 0.269. The van der Waals surface area contributed by atoms with Crippen molar-refractivity contribution in [2.75, 3.05) is 40.9 Å². The van der Waals surface area contributed by atoms with Crippen LogP contribution in [0.5, 0.6) is 28.7 Å². The van der Waals surface area contributed by atoms with Gasteiger partial charge in [-0.1, -0.05) is 12.1 Å². The van der Waals surface area contributed by atoms with Gasteiger partial charge in [-0.2, -0.15) is 0 Å². The second-order valence-electron chi connectivity index (χ2n) is 7.23. The Balaban J connectivity index is 1.73. The number of rotatable bonds is 10. The van der Waals surface area contributed by atoms with Crippen LogP contribution in [0.2, 0.25) is 0 Å². The molecule has 0 spiro atoms. The molecule has 0 aliphatic rings. The van der Waals surface area contributed by atoms with Gasteiger partial charge in [0.05, 0.1) is 35.5 Å². The molecule has 0 aliphatic heterocycles. The van der Waals surface area contributed by atoms with Crippen molar-refractivity contribution in [3.05, 3.63) is 60.2 Å². The van der Waals surface area contributed by atoms with Crippen LogP contribution in [0.3, 0.4) is 0 Å². The van der Waals surface area contributed by atoms with E-state index in [1.165, 1.54) is 0 Å². The highest BCUT2D eigenvalue weighted by Gasteiger charge is 2.14. The average molecular weight is 452 g/mol. The molecule has 174 valence electrons. The summed E-state index contributed by atoms with van der Waals surface area (Å²) < 4.78 is 26.9. The van der Waals surface area contributed by atoms with Crippen LogP contribution in [-0.4, -0.2) is 41.5 Å². The first kappa shape index (κ1) is 23.8. The van der Waals surface area contributed by atoms with Gasteiger partial charge in [0, 0.05) is 17.7 Å². The Bertz CT molecular complexity index is 1070. The minimum atomic E-state index is -0.102. The zero-order valence-electron chi connectivity index (χ0n) is 19.6. The van der Waals surface area contributed by atoms with Gasteiger partial charge in [0.15, 0.2) is 11.5 Å². The van der Waals surface area contributed by atoms with E-state index in [2.05, 4.69) is 5.32 Å². The van der Waals surface area contributed by atoms with Gasteiger partial charge in [-0.3, -0.25) is 4.79 Å². The number of carbonyl (C=O) groups is 1. The van der Waals surface area contributed by atoms with E-state index < -0.39 is 0 Å². The molecule has 0 saturated heterocycles. The Morgan fingerprint density at radius 2 is 1.36 bits per heavy atom. The summed E-state index contributed by atoms with van der Waals surface area (Å²) in [7, 11) is 7.94. The first-order valence-electron chi connectivity index (χ1n) is 10.4. The monoisotopic (exact) mass is 451 g/mol. The molecule has 3 aromatic rings. The van der Waals surface area contributed by atoms with Crippen LogP contribution in [0, 0.1) is 0 Å². The predicted octanol–water partition coefficient (Wildman–Crippen LogP) is 4.97. The molecule has 3 rings (SSSR count). The number of anilines is 1. The minimum Gasteiger partial charge on any atom is -0.497 e.